The number of amides is 1. The largest absolute Gasteiger partial charge is 0.443 e. The predicted molar refractivity (Wildman–Crippen MR) is 145 cm³/mol. The molecular formula is C28H37N3O8S. The molecule has 1 saturated carbocycles. The lowest BCUT2D eigenvalue weighted by molar-refractivity contribution is -0.145. The number of nitrogens with two attached hydrogens (primary N) is 1. The fourth-order valence-electron chi connectivity index (χ4n) is 5.45. The molecule has 5 rings (SSSR count). The topological polar surface area (TPSA) is 150 Å². The molecule has 0 bridgehead atoms. The summed E-state index contributed by atoms with van der Waals surface area (Å²) in [6, 6.07) is 14.4. The van der Waals surface area contributed by atoms with Gasteiger partial charge < -0.3 is 30.4 Å². The van der Waals surface area contributed by atoms with Gasteiger partial charge in [-0.1, -0.05) is 53.7 Å². The molecule has 11 nitrogen and oxygen atoms in total. The van der Waals surface area contributed by atoms with Crippen LogP contribution in [0.15, 0.2) is 59.5 Å². The van der Waals surface area contributed by atoms with Crippen LogP contribution in [0.4, 0.5) is 10.5 Å². The monoisotopic (exact) mass is 575 g/mol. The quantitative estimate of drug-likeness (QED) is 0.271. The second kappa shape index (κ2) is 12.8. The molecule has 2 aromatic rings. The first-order chi connectivity index (χ1) is 19.3. The third-order valence-corrected chi connectivity index (χ3v) is 9.26. The van der Waals surface area contributed by atoms with E-state index in [4.69, 9.17) is 24.8 Å². The fourth-order valence-corrected chi connectivity index (χ4v) is 6.81. The number of hydroxylamine groups is 1. The summed E-state index contributed by atoms with van der Waals surface area (Å²) in [4.78, 5) is 18.9. The average molecular weight is 576 g/mol. The number of hydrogen-bond donors (Lipinski definition) is 3. The first-order valence-corrected chi connectivity index (χ1v) is 15.2. The summed E-state index contributed by atoms with van der Waals surface area (Å²) in [6.07, 6.45) is 1.08. The van der Waals surface area contributed by atoms with Gasteiger partial charge in [0, 0.05) is 5.69 Å². The molecule has 1 amide bonds. The number of sulfonamides is 1. The molecule has 12 heteroatoms. The Hall–Kier alpha value is -2.74. The number of alkyl carbamates (subject to hydrolysis) is 1. The van der Waals surface area contributed by atoms with E-state index in [2.05, 4.69) is 5.32 Å². The average Bonchev–Trinajstić information content (AvgIpc) is 3.69. The molecule has 3 aliphatic rings. The summed E-state index contributed by atoms with van der Waals surface area (Å²) in [5.41, 5.74) is 7.00. The van der Waals surface area contributed by atoms with Gasteiger partial charge in [0.15, 0.2) is 6.29 Å². The highest BCUT2D eigenvalue weighted by Crippen LogP contribution is 2.33. The Labute approximate surface area is 234 Å². The molecule has 2 aromatic carbocycles. The van der Waals surface area contributed by atoms with Crippen molar-refractivity contribution in [3.8, 4) is 0 Å². The Morgan fingerprint density at radius 1 is 1.10 bits per heavy atom. The Bertz CT molecular complexity index is 1240. The standard InChI is InChI=1S/C28H37N3O8S/c29-20-9-6-12-22(16-20)40(34,35)31(39-21-10-4-5-11-21)17-25(32)24(15-19-7-2-1-3-8-19)30-28(33)38-26-18-37-27-23(26)13-14-36-27/h1-3,6-9,12,16,21,23-27,32H,4-5,10-11,13-15,17-18,29H2,(H,30,33)/t23?,24-,25+,26?,27?/m0/s1. The number of rotatable bonds is 11. The molecule has 218 valence electrons. The van der Waals surface area contributed by atoms with Crippen LogP contribution in [-0.2, 0) is 35.5 Å². The van der Waals surface area contributed by atoms with E-state index >= 15 is 0 Å². The SMILES string of the molecule is Nc1cccc(S(=O)(=O)N(C[C@@H](O)[C@H](Cc2ccccc2)NC(=O)OC2COC3OCCC23)OC2CCCC2)c1. The van der Waals surface area contributed by atoms with E-state index in [1.54, 1.807) is 12.1 Å². The Kier molecular flexibility index (Phi) is 9.24. The number of carbonyl (C=O) groups excluding carboxylic acids is 1. The van der Waals surface area contributed by atoms with Crippen molar-refractivity contribution in [2.75, 3.05) is 25.5 Å². The molecule has 0 spiro atoms. The fraction of sp³-hybridized carbons (Fsp3) is 0.536. The molecule has 40 heavy (non-hydrogen) atoms. The number of anilines is 1. The Balaban J connectivity index is 1.34. The van der Waals surface area contributed by atoms with Crippen LogP contribution in [0.25, 0.3) is 0 Å². The van der Waals surface area contributed by atoms with Gasteiger partial charge in [0.1, 0.15) is 6.10 Å². The Morgan fingerprint density at radius 3 is 2.62 bits per heavy atom. The van der Waals surface area contributed by atoms with Crippen molar-refractivity contribution in [2.45, 2.75) is 74.1 Å². The van der Waals surface area contributed by atoms with Crippen LogP contribution in [0.2, 0.25) is 0 Å². The molecule has 2 heterocycles. The lowest BCUT2D eigenvalue weighted by Gasteiger charge is -2.31. The maximum atomic E-state index is 13.6. The van der Waals surface area contributed by atoms with E-state index < -0.39 is 40.9 Å². The number of nitrogens with one attached hydrogen (secondary N) is 1. The zero-order valence-electron chi connectivity index (χ0n) is 22.3. The smallest absolute Gasteiger partial charge is 0.407 e. The van der Waals surface area contributed by atoms with E-state index in [1.807, 2.05) is 30.3 Å². The number of nitrogen functional groups attached to an aromatic ring is 1. The number of aliphatic hydroxyl groups excluding tert-OH is 1. The van der Waals surface area contributed by atoms with Gasteiger partial charge in [-0.25, -0.2) is 13.2 Å². The van der Waals surface area contributed by atoms with Crippen molar-refractivity contribution >= 4 is 21.8 Å². The summed E-state index contributed by atoms with van der Waals surface area (Å²) < 4.78 is 44.9. The van der Waals surface area contributed by atoms with Crippen LogP contribution in [0.1, 0.15) is 37.7 Å². The number of aliphatic hydroxyl groups is 1. The van der Waals surface area contributed by atoms with Crippen LogP contribution >= 0.6 is 0 Å². The molecular weight excluding hydrogens is 538 g/mol. The summed E-state index contributed by atoms with van der Waals surface area (Å²) in [6.45, 7) is 0.372. The molecule has 3 unspecified atom stereocenters. The molecule has 5 atom stereocenters. The number of fused-ring (bicyclic) bond motifs is 1. The van der Waals surface area contributed by atoms with Gasteiger partial charge in [-0.2, -0.15) is 0 Å². The van der Waals surface area contributed by atoms with Crippen LogP contribution in [-0.4, -0.2) is 74.5 Å². The normalized spacial score (nSPS) is 24.6. The number of hydrogen-bond acceptors (Lipinski definition) is 9. The van der Waals surface area contributed by atoms with E-state index in [9.17, 15) is 18.3 Å². The number of benzene rings is 2. The van der Waals surface area contributed by atoms with Gasteiger partial charge in [-0.3, -0.25) is 4.84 Å². The maximum absolute atomic E-state index is 13.6. The summed E-state index contributed by atoms with van der Waals surface area (Å²) in [7, 11) is -4.17. The first-order valence-electron chi connectivity index (χ1n) is 13.8. The van der Waals surface area contributed by atoms with Crippen molar-refractivity contribution in [3.05, 3.63) is 60.2 Å². The summed E-state index contributed by atoms with van der Waals surface area (Å²) >= 11 is 0. The van der Waals surface area contributed by atoms with Crippen molar-refractivity contribution in [3.63, 3.8) is 0 Å². The number of nitrogens with zero attached hydrogens (tertiary/aromatic N) is 1. The highest BCUT2D eigenvalue weighted by molar-refractivity contribution is 7.89. The molecule has 4 N–H and O–H groups in total. The van der Waals surface area contributed by atoms with Crippen LogP contribution in [0.5, 0.6) is 0 Å². The maximum Gasteiger partial charge on any atom is 0.407 e. The second-order valence-corrected chi connectivity index (χ2v) is 12.4. The van der Waals surface area contributed by atoms with Gasteiger partial charge in [0.25, 0.3) is 10.0 Å². The minimum Gasteiger partial charge on any atom is -0.443 e. The molecule has 2 saturated heterocycles. The highest BCUT2D eigenvalue weighted by atomic mass is 32.2. The van der Waals surface area contributed by atoms with Crippen molar-refractivity contribution in [1.82, 2.24) is 9.79 Å². The van der Waals surface area contributed by atoms with Crippen LogP contribution in [0.3, 0.4) is 0 Å². The second-order valence-electron chi connectivity index (χ2n) is 10.6. The minimum atomic E-state index is -4.17. The van der Waals surface area contributed by atoms with Gasteiger partial charge in [-0.05, 0) is 49.4 Å². The van der Waals surface area contributed by atoms with E-state index in [1.165, 1.54) is 12.1 Å². The lowest BCUT2D eigenvalue weighted by Crippen LogP contribution is -2.51. The third-order valence-electron chi connectivity index (χ3n) is 7.64. The van der Waals surface area contributed by atoms with E-state index in [0.29, 0.717) is 25.1 Å². The molecule has 2 aliphatic heterocycles. The number of ether oxygens (including phenoxy) is 3. The lowest BCUT2D eigenvalue weighted by atomic mass is 10.0. The molecule has 0 radical (unpaired) electrons. The van der Waals surface area contributed by atoms with Crippen molar-refractivity contribution in [2.24, 2.45) is 5.92 Å². The van der Waals surface area contributed by atoms with E-state index in [-0.39, 0.29) is 36.2 Å². The van der Waals surface area contributed by atoms with Crippen LogP contribution in [0, 0.1) is 5.92 Å². The van der Waals surface area contributed by atoms with Gasteiger partial charge >= 0.3 is 6.09 Å². The zero-order chi connectivity index (χ0) is 28.1. The first kappa shape index (κ1) is 28.8. The predicted octanol–water partition coefficient (Wildman–Crippen LogP) is 2.59. The summed E-state index contributed by atoms with van der Waals surface area (Å²) in [5, 5.41) is 14.2. The minimum absolute atomic E-state index is 0.0398. The zero-order valence-corrected chi connectivity index (χ0v) is 23.1. The summed E-state index contributed by atoms with van der Waals surface area (Å²) in [5.74, 6) is -0.0398. The third kappa shape index (κ3) is 6.93. The van der Waals surface area contributed by atoms with Crippen molar-refractivity contribution in [1.29, 1.82) is 0 Å². The highest BCUT2D eigenvalue weighted by Gasteiger charge is 2.44. The Morgan fingerprint density at radius 2 is 1.88 bits per heavy atom. The molecule has 0 aromatic heterocycles. The van der Waals surface area contributed by atoms with Gasteiger partial charge in [-0.15, -0.1) is 0 Å². The van der Waals surface area contributed by atoms with Gasteiger partial charge in [0.2, 0.25) is 0 Å². The molecule has 1 aliphatic carbocycles. The van der Waals surface area contributed by atoms with E-state index in [0.717, 1.165) is 29.3 Å². The van der Waals surface area contributed by atoms with Gasteiger partial charge in [0.05, 0.1) is 48.8 Å². The van der Waals surface area contributed by atoms with Crippen LogP contribution < -0.4 is 11.1 Å². The van der Waals surface area contributed by atoms with Crippen molar-refractivity contribution < 1.29 is 37.4 Å². The number of carbonyl (C=O) groups is 1. The molecule has 3 fully saturated rings.